The maximum atomic E-state index is 12.5. The van der Waals surface area contributed by atoms with E-state index in [-0.39, 0.29) is 11.7 Å². The molecule has 0 saturated heterocycles. The number of amides is 1. The highest BCUT2D eigenvalue weighted by Gasteiger charge is 2.17. The lowest BCUT2D eigenvalue weighted by Crippen LogP contribution is -2.14. The molecule has 0 aliphatic carbocycles. The number of carbonyl (C=O) groups excluding carboxylic acids is 1. The van der Waals surface area contributed by atoms with Gasteiger partial charge in [0, 0.05) is 11.1 Å². The normalized spacial score (nSPS) is 10.5. The molecular weight excluding hydrogens is 318 g/mol. The maximum absolute atomic E-state index is 12.5. The van der Waals surface area contributed by atoms with Crippen LogP contribution in [0.15, 0.2) is 47.1 Å². The van der Waals surface area contributed by atoms with Gasteiger partial charge in [-0.2, -0.15) is 0 Å². The first-order chi connectivity index (χ1) is 12.1. The van der Waals surface area contributed by atoms with Crippen LogP contribution in [0, 0.1) is 13.8 Å². The lowest BCUT2D eigenvalue weighted by Gasteiger charge is -2.09. The number of ether oxygens (including phenoxy) is 1. The molecule has 0 spiro atoms. The molecule has 1 N–H and O–H groups in total. The number of hydrogen-bond donors (Lipinski definition) is 1. The van der Waals surface area contributed by atoms with Gasteiger partial charge >= 0.3 is 0 Å². The summed E-state index contributed by atoms with van der Waals surface area (Å²) in [6.07, 6.45) is 0. The van der Waals surface area contributed by atoms with Gasteiger partial charge in [0.05, 0.1) is 6.61 Å². The molecule has 1 heterocycles. The number of anilines is 1. The maximum Gasteiger partial charge on any atom is 0.257 e. The molecule has 25 heavy (non-hydrogen) atoms. The van der Waals surface area contributed by atoms with Crippen molar-refractivity contribution in [3.05, 3.63) is 59.2 Å². The summed E-state index contributed by atoms with van der Waals surface area (Å²) in [7, 11) is 0. The first-order valence-electron chi connectivity index (χ1n) is 8.03. The van der Waals surface area contributed by atoms with Crippen molar-refractivity contribution in [3.63, 3.8) is 0 Å². The van der Waals surface area contributed by atoms with Crippen LogP contribution in [-0.2, 0) is 0 Å². The van der Waals surface area contributed by atoms with Crippen LogP contribution in [0.3, 0.4) is 0 Å². The fourth-order valence-corrected chi connectivity index (χ4v) is 2.58. The lowest BCUT2D eigenvalue weighted by atomic mass is 10.1. The van der Waals surface area contributed by atoms with Gasteiger partial charge in [-0.25, -0.2) is 4.63 Å². The minimum Gasteiger partial charge on any atom is -0.494 e. The third-order valence-electron chi connectivity index (χ3n) is 3.86. The zero-order chi connectivity index (χ0) is 17.8. The van der Waals surface area contributed by atoms with Gasteiger partial charge in [-0.3, -0.25) is 4.79 Å². The molecule has 6 nitrogen and oxygen atoms in total. The van der Waals surface area contributed by atoms with E-state index in [1.165, 1.54) is 0 Å². The number of aromatic nitrogens is 2. The van der Waals surface area contributed by atoms with Crippen molar-refractivity contribution in [3.8, 4) is 17.0 Å². The van der Waals surface area contributed by atoms with E-state index in [1.807, 2.05) is 57.2 Å². The Hall–Kier alpha value is -3.15. The second-order valence-corrected chi connectivity index (χ2v) is 5.64. The van der Waals surface area contributed by atoms with E-state index >= 15 is 0 Å². The average Bonchev–Trinajstić information content (AvgIpc) is 3.05. The molecule has 0 fully saturated rings. The van der Waals surface area contributed by atoms with Gasteiger partial charge in [0.2, 0.25) is 5.82 Å². The van der Waals surface area contributed by atoms with E-state index in [2.05, 4.69) is 15.6 Å². The summed E-state index contributed by atoms with van der Waals surface area (Å²) in [5.74, 6) is 0.850. The highest BCUT2D eigenvalue weighted by molar-refractivity contribution is 6.06. The second-order valence-electron chi connectivity index (χ2n) is 5.64. The smallest absolute Gasteiger partial charge is 0.257 e. The molecule has 0 bridgehead atoms. The first-order valence-corrected chi connectivity index (χ1v) is 8.03. The fourth-order valence-electron chi connectivity index (χ4n) is 2.58. The highest BCUT2D eigenvalue weighted by atomic mass is 16.6. The van der Waals surface area contributed by atoms with Crippen LogP contribution in [0.1, 0.15) is 28.4 Å². The Kier molecular flexibility index (Phi) is 4.79. The van der Waals surface area contributed by atoms with Gasteiger partial charge in [0.25, 0.3) is 5.91 Å². The van der Waals surface area contributed by atoms with Crippen molar-refractivity contribution >= 4 is 11.7 Å². The summed E-state index contributed by atoms with van der Waals surface area (Å²) in [6, 6.07) is 13.0. The van der Waals surface area contributed by atoms with Crippen LogP contribution in [-0.4, -0.2) is 22.8 Å². The van der Waals surface area contributed by atoms with E-state index in [9.17, 15) is 4.79 Å². The monoisotopic (exact) mass is 337 g/mol. The summed E-state index contributed by atoms with van der Waals surface area (Å²) < 4.78 is 10.4. The topological polar surface area (TPSA) is 77.2 Å². The van der Waals surface area contributed by atoms with Crippen LogP contribution in [0.5, 0.6) is 5.75 Å². The molecule has 1 aromatic heterocycles. The molecule has 0 aliphatic heterocycles. The Morgan fingerprint density at radius 1 is 1.12 bits per heavy atom. The van der Waals surface area contributed by atoms with Gasteiger partial charge in [-0.1, -0.05) is 18.2 Å². The van der Waals surface area contributed by atoms with E-state index in [1.54, 1.807) is 6.07 Å². The van der Waals surface area contributed by atoms with Gasteiger partial charge in [-0.05, 0) is 66.5 Å². The van der Waals surface area contributed by atoms with Gasteiger partial charge in [0.1, 0.15) is 5.75 Å². The largest absolute Gasteiger partial charge is 0.494 e. The molecule has 0 unspecified atom stereocenters. The molecule has 128 valence electrons. The average molecular weight is 337 g/mol. The summed E-state index contributed by atoms with van der Waals surface area (Å²) in [4.78, 5) is 12.5. The van der Waals surface area contributed by atoms with Crippen LogP contribution in [0.25, 0.3) is 11.3 Å². The van der Waals surface area contributed by atoms with Crippen molar-refractivity contribution < 1.29 is 14.2 Å². The molecular formula is C19H19N3O3. The summed E-state index contributed by atoms with van der Waals surface area (Å²) in [5, 5.41) is 10.5. The Labute approximate surface area is 145 Å². The lowest BCUT2D eigenvalue weighted by molar-refractivity contribution is 0.102. The van der Waals surface area contributed by atoms with E-state index in [0.29, 0.717) is 17.9 Å². The minimum atomic E-state index is -0.252. The highest BCUT2D eigenvalue weighted by Crippen LogP contribution is 2.29. The van der Waals surface area contributed by atoms with Crippen LogP contribution in [0.4, 0.5) is 5.82 Å². The van der Waals surface area contributed by atoms with Gasteiger partial charge < -0.3 is 10.1 Å². The second kappa shape index (κ2) is 7.17. The Morgan fingerprint density at radius 3 is 2.64 bits per heavy atom. The molecule has 2 aromatic carbocycles. The number of rotatable bonds is 5. The van der Waals surface area contributed by atoms with Crippen LogP contribution < -0.4 is 10.1 Å². The number of benzene rings is 2. The minimum absolute atomic E-state index is 0.252. The van der Waals surface area contributed by atoms with Crippen molar-refractivity contribution in [2.75, 3.05) is 11.9 Å². The third kappa shape index (κ3) is 3.52. The molecule has 1 amide bonds. The number of aryl methyl sites for hydroxylation is 2. The number of nitrogens with zero attached hydrogens (tertiary/aromatic N) is 2. The Morgan fingerprint density at radius 2 is 1.92 bits per heavy atom. The Bertz CT molecular complexity index is 902. The first kappa shape index (κ1) is 16.7. The summed E-state index contributed by atoms with van der Waals surface area (Å²) in [5.41, 5.74) is 3.71. The summed E-state index contributed by atoms with van der Waals surface area (Å²) in [6.45, 7) is 6.37. The zero-order valence-electron chi connectivity index (χ0n) is 14.4. The van der Waals surface area contributed by atoms with E-state index < -0.39 is 0 Å². The van der Waals surface area contributed by atoms with Crippen molar-refractivity contribution in [1.82, 2.24) is 10.3 Å². The molecule has 0 atom stereocenters. The predicted molar refractivity (Wildman–Crippen MR) is 94.8 cm³/mol. The molecule has 3 aromatic rings. The number of hydrogen-bond acceptors (Lipinski definition) is 5. The molecule has 3 rings (SSSR count). The number of nitrogens with one attached hydrogen (secondary N) is 1. The van der Waals surface area contributed by atoms with Crippen molar-refractivity contribution in [2.45, 2.75) is 20.8 Å². The van der Waals surface area contributed by atoms with Crippen molar-refractivity contribution in [2.24, 2.45) is 0 Å². The van der Waals surface area contributed by atoms with Crippen molar-refractivity contribution in [1.29, 1.82) is 0 Å². The number of carbonyl (C=O) groups is 1. The third-order valence-corrected chi connectivity index (χ3v) is 3.86. The van der Waals surface area contributed by atoms with Gasteiger partial charge in [-0.15, -0.1) is 0 Å². The van der Waals surface area contributed by atoms with Gasteiger partial charge in [0.15, 0.2) is 5.69 Å². The molecule has 0 radical (unpaired) electrons. The fraction of sp³-hybridized carbons (Fsp3) is 0.211. The molecule has 0 saturated carbocycles. The van der Waals surface area contributed by atoms with Crippen LogP contribution >= 0.6 is 0 Å². The Balaban J connectivity index is 1.87. The predicted octanol–water partition coefficient (Wildman–Crippen LogP) is 4.00. The molecule has 6 heteroatoms. The zero-order valence-corrected chi connectivity index (χ0v) is 14.4. The van der Waals surface area contributed by atoms with Crippen LogP contribution in [0.2, 0.25) is 0 Å². The SMILES string of the molecule is CCOc1ccc(-c2nonc2NC(=O)c2ccccc2C)cc1C. The quantitative estimate of drug-likeness (QED) is 0.761. The summed E-state index contributed by atoms with van der Waals surface area (Å²) >= 11 is 0. The standard InChI is InChI=1S/C19H19N3O3/c1-4-24-16-10-9-14(11-13(16)3)17-18(22-25-21-17)20-19(23)15-8-6-5-7-12(15)2/h5-11H,4H2,1-3H3,(H,20,22,23). The van der Waals surface area contributed by atoms with E-state index in [4.69, 9.17) is 9.37 Å². The van der Waals surface area contributed by atoms with E-state index in [0.717, 1.165) is 22.4 Å². The molecule has 0 aliphatic rings.